The Hall–Kier alpha value is -1.73. The van der Waals surface area contributed by atoms with E-state index in [9.17, 15) is 14.7 Å². The van der Waals surface area contributed by atoms with Gasteiger partial charge in [0.2, 0.25) is 0 Å². The highest BCUT2D eigenvalue weighted by Crippen LogP contribution is 2.40. The van der Waals surface area contributed by atoms with Crippen molar-refractivity contribution in [2.45, 2.75) is 44.9 Å². The number of halogens is 2. The quantitative estimate of drug-likeness (QED) is 0.550. The zero-order valence-corrected chi connectivity index (χ0v) is 17.8. The first-order valence-electron chi connectivity index (χ1n) is 8.63. The number of ketones is 1. The number of benzene rings is 1. The van der Waals surface area contributed by atoms with Crippen LogP contribution in [0.5, 0.6) is 5.75 Å². The number of allylic oxidation sites excluding steroid dienone is 2. The standard InChI is InChI=1S/C20H19Cl2NO4S/c1-9(24)10-4-5-14-12(6-10)17(18(25)20(2,3)27-14)23-19(26)13-7-11(21)8-15(28)16(13)22/h4-7,17-18,25H,8H2,1-3H3,(H,23,26)/t17-,18-/m0/s1. The summed E-state index contributed by atoms with van der Waals surface area (Å²) in [5.74, 6) is -0.171. The van der Waals surface area contributed by atoms with E-state index >= 15 is 0 Å². The van der Waals surface area contributed by atoms with Crippen molar-refractivity contribution in [3.8, 4) is 5.75 Å². The lowest BCUT2D eigenvalue weighted by molar-refractivity contribution is -0.121. The highest BCUT2D eigenvalue weighted by molar-refractivity contribution is 7.81. The molecular weight excluding hydrogens is 421 g/mol. The van der Waals surface area contributed by atoms with Gasteiger partial charge in [-0.15, -0.1) is 0 Å². The number of amides is 1. The van der Waals surface area contributed by atoms with Gasteiger partial charge in [-0.25, -0.2) is 0 Å². The molecule has 1 aliphatic heterocycles. The smallest absolute Gasteiger partial charge is 0.253 e. The number of aliphatic hydroxyl groups excluding tert-OH is 1. The number of hydrogen-bond acceptors (Lipinski definition) is 5. The Bertz CT molecular complexity index is 952. The third-order valence-electron chi connectivity index (χ3n) is 4.80. The number of hydrogen-bond donors (Lipinski definition) is 2. The van der Waals surface area contributed by atoms with Gasteiger partial charge in [0.1, 0.15) is 17.5 Å². The summed E-state index contributed by atoms with van der Waals surface area (Å²) in [5, 5.41) is 14.2. The van der Waals surface area contributed by atoms with Crippen LogP contribution in [-0.2, 0) is 4.79 Å². The van der Waals surface area contributed by atoms with Gasteiger partial charge in [-0.05, 0) is 45.0 Å². The molecule has 1 aromatic rings. The highest BCUT2D eigenvalue weighted by atomic mass is 35.5. The van der Waals surface area contributed by atoms with Gasteiger partial charge in [0.05, 0.1) is 16.6 Å². The van der Waals surface area contributed by atoms with Crippen molar-refractivity contribution in [3.63, 3.8) is 0 Å². The summed E-state index contributed by atoms with van der Waals surface area (Å²) in [6, 6.07) is 4.11. The number of aliphatic hydroxyl groups is 1. The molecule has 1 aliphatic carbocycles. The van der Waals surface area contributed by atoms with Gasteiger partial charge in [0.25, 0.3) is 5.91 Å². The Labute approximate surface area is 178 Å². The van der Waals surface area contributed by atoms with Crippen molar-refractivity contribution < 1.29 is 19.4 Å². The van der Waals surface area contributed by atoms with Gasteiger partial charge in [0.15, 0.2) is 5.78 Å². The van der Waals surface area contributed by atoms with Crippen LogP contribution < -0.4 is 10.1 Å². The van der Waals surface area contributed by atoms with E-state index in [0.29, 0.717) is 33.2 Å². The van der Waals surface area contributed by atoms with Crippen LogP contribution >= 0.6 is 35.4 Å². The molecule has 28 heavy (non-hydrogen) atoms. The molecule has 2 N–H and O–H groups in total. The van der Waals surface area contributed by atoms with Crippen LogP contribution in [0, 0.1) is 0 Å². The normalized spacial score (nSPS) is 23.5. The maximum atomic E-state index is 12.9. The number of ether oxygens (including phenoxy) is 1. The molecule has 0 bridgehead atoms. The summed E-state index contributed by atoms with van der Waals surface area (Å²) in [6.07, 6.45) is 0.712. The lowest BCUT2D eigenvalue weighted by atomic mass is 9.85. The van der Waals surface area contributed by atoms with Gasteiger partial charge < -0.3 is 15.2 Å². The van der Waals surface area contributed by atoms with E-state index in [-0.39, 0.29) is 16.4 Å². The molecule has 3 rings (SSSR count). The van der Waals surface area contributed by atoms with Crippen LogP contribution in [0.3, 0.4) is 0 Å². The van der Waals surface area contributed by atoms with Gasteiger partial charge in [-0.3, -0.25) is 9.59 Å². The van der Waals surface area contributed by atoms with E-state index in [1.165, 1.54) is 13.0 Å². The summed E-state index contributed by atoms with van der Waals surface area (Å²) in [5.41, 5.74) is 0.144. The zero-order valence-electron chi connectivity index (χ0n) is 15.5. The summed E-state index contributed by atoms with van der Waals surface area (Å²) < 4.78 is 5.87. The largest absolute Gasteiger partial charge is 0.485 e. The van der Waals surface area contributed by atoms with Crippen LogP contribution in [0.25, 0.3) is 0 Å². The third kappa shape index (κ3) is 3.87. The molecule has 0 radical (unpaired) electrons. The van der Waals surface area contributed by atoms with Crippen LogP contribution in [0.4, 0.5) is 0 Å². The van der Waals surface area contributed by atoms with E-state index in [1.54, 1.807) is 32.0 Å². The molecule has 5 nitrogen and oxygen atoms in total. The van der Waals surface area contributed by atoms with E-state index in [0.717, 1.165) is 0 Å². The topological polar surface area (TPSA) is 75.6 Å². The lowest BCUT2D eigenvalue weighted by Crippen LogP contribution is -2.53. The predicted octanol–water partition coefficient (Wildman–Crippen LogP) is 3.97. The molecule has 1 heterocycles. The van der Waals surface area contributed by atoms with Crippen molar-refractivity contribution >= 4 is 52.0 Å². The van der Waals surface area contributed by atoms with E-state index in [4.69, 9.17) is 40.2 Å². The fraction of sp³-hybridized carbons (Fsp3) is 0.350. The maximum Gasteiger partial charge on any atom is 0.253 e. The van der Waals surface area contributed by atoms with Crippen LogP contribution in [0.2, 0.25) is 0 Å². The lowest BCUT2D eigenvalue weighted by Gasteiger charge is -2.42. The number of nitrogens with one attached hydrogen (secondary N) is 1. The Morgan fingerprint density at radius 2 is 2.00 bits per heavy atom. The van der Waals surface area contributed by atoms with Gasteiger partial charge in [-0.1, -0.05) is 35.4 Å². The minimum Gasteiger partial charge on any atom is -0.485 e. The zero-order chi connectivity index (χ0) is 20.8. The average molecular weight is 440 g/mol. The van der Waals surface area contributed by atoms with E-state index in [2.05, 4.69) is 5.32 Å². The Morgan fingerprint density at radius 3 is 2.64 bits per heavy atom. The third-order valence-corrected chi connectivity index (χ3v) is 5.93. The highest BCUT2D eigenvalue weighted by Gasteiger charge is 2.44. The van der Waals surface area contributed by atoms with Crippen LogP contribution in [-0.4, -0.2) is 33.4 Å². The maximum absolute atomic E-state index is 12.9. The summed E-state index contributed by atoms with van der Waals surface area (Å²) in [7, 11) is 0. The molecular formula is C20H19Cl2NO4S. The number of fused-ring (bicyclic) bond motifs is 1. The number of carbonyl (C=O) groups excluding carboxylic acids is 2. The van der Waals surface area contributed by atoms with E-state index < -0.39 is 23.7 Å². The van der Waals surface area contributed by atoms with E-state index in [1.807, 2.05) is 0 Å². The Morgan fingerprint density at radius 1 is 1.32 bits per heavy atom. The van der Waals surface area contributed by atoms with Crippen molar-refractivity contribution in [1.29, 1.82) is 0 Å². The van der Waals surface area contributed by atoms with Crippen molar-refractivity contribution in [2.24, 2.45) is 0 Å². The number of rotatable bonds is 3. The first-order valence-corrected chi connectivity index (χ1v) is 9.79. The molecule has 1 aromatic carbocycles. The molecule has 0 aromatic heterocycles. The van der Waals surface area contributed by atoms with Crippen LogP contribution in [0.1, 0.15) is 49.2 Å². The predicted molar refractivity (Wildman–Crippen MR) is 112 cm³/mol. The molecule has 2 aliphatic rings. The van der Waals surface area contributed by atoms with Gasteiger partial charge >= 0.3 is 0 Å². The molecule has 0 unspecified atom stereocenters. The fourth-order valence-electron chi connectivity index (χ4n) is 3.21. The van der Waals surface area contributed by atoms with Crippen molar-refractivity contribution in [3.05, 3.63) is 51.0 Å². The second-order valence-corrected chi connectivity index (χ2v) is 8.69. The first kappa shape index (κ1) is 21.0. The monoisotopic (exact) mass is 439 g/mol. The molecule has 148 valence electrons. The Balaban J connectivity index is 2.02. The molecule has 8 heteroatoms. The molecule has 0 spiro atoms. The molecule has 2 atom stereocenters. The fourth-order valence-corrected chi connectivity index (χ4v) is 4.01. The summed E-state index contributed by atoms with van der Waals surface area (Å²) >= 11 is 17.4. The SMILES string of the molecule is CC(=O)c1ccc2c(c1)[C@H](NC(=O)C1=C(Cl)C(=S)CC(Cl)=C1)[C@H](O)C(C)(C)O2. The Kier molecular flexibility index (Phi) is 5.69. The molecule has 0 fully saturated rings. The molecule has 0 saturated carbocycles. The van der Waals surface area contributed by atoms with Crippen molar-refractivity contribution in [2.75, 3.05) is 0 Å². The molecule has 0 saturated heterocycles. The van der Waals surface area contributed by atoms with Gasteiger partial charge in [-0.2, -0.15) is 0 Å². The number of thiocarbonyl (C=S) groups is 1. The molecule has 1 amide bonds. The minimum absolute atomic E-state index is 0.134. The van der Waals surface area contributed by atoms with Gasteiger partial charge in [0, 0.05) is 27.4 Å². The van der Waals surface area contributed by atoms with Crippen LogP contribution in [0.15, 0.2) is 39.9 Å². The summed E-state index contributed by atoms with van der Waals surface area (Å²) in [6.45, 7) is 4.88. The first-order chi connectivity index (χ1) is 13.0. The van der Waals surface area contributed by atoms with Crippen molar-refractivity contribution in [1.82, 2.24) is 5.32 Å². The number of carbonyl (C=O) groups is 2. The second-order valence-electron chi connectivity index (χ2n) is 7.33. The summed E-state index contributed by atoms with van der Waals surface area (Å²) in [4.78, 5) is 25.1. The average Bonchev–Trinajstić information content (AvgIpc) is 2.61. The number of Topliss-reactive ketones (excluding diaryl/α,β-unsaturated/α-hetero) is 1. The minimum atomic E-state index is -1.07. The second kappa shape index (κ2) is 7.59.